The van der Waals surface area contributed by atoms with Crippen molar-refractivity contribution in [2.45, 2.75) is 26.1 Å². The molecule has 0 spiro atoms. The van der Waals surface area contributed by atoms with Crippen LogP contribution in [0, 0.1) is 0 Å². The Balaban J connectivity index is 1.58. The predicted octanol–water partition coefficient (Wildman–Crippen LogP) is 3.88. The summed E-state index contributed by atoms with van der Waals surface area (Å²) < 4.78 is 11.5. The van der Waals surface area contributed by atoms with Crippen molar-refractivity contribution in [2.75, 3.05) is 0 Å². The molecule has 2 N–H and O–H groups in total. The first kappa shape index (κ1) is 20.9. The standard InChI is InChI=1S/C24H24N2O4/c1-2-21(30-19-13-7-4-8-14-19)24(28)26-25-23(27)20-15-9-10-16-22(20)29-17-18-11-5-3-6-12-18/h3-16,21H,2,17H2,1H3,(H,25,27)(H,26,28)/t21-/m0/s1. The van der Waals surface area contributed by atoms with Crippen molar-refractivity contribution in [3.8, 4) is 11.5 Å². The van der Waals surface area contributed by atoms with E-state index in [4.69, 9.17) is 9.47 Å². The van der Waals surface area contributed by atoms with E-state index >= 15 is 0 Å². The monoisotopic (exact) mass is 404 g/mol. The van der Waals surface area contributed by atoms with Gasteiger partial charge in [0.25, 0.3) is 11.8 Å². The van der Waals surface area contributed by atoms with E-state index in [-0.39, 0.29) is 0 Å². The van der Waals surface area contributed by atoms with Crippen LogP contribution in [0.4, 0.5) is 0 Å². The van der Waals surface area contributed by atoms with E-state index in [1.54, 1.807) is 36.4 Å². The maximum atomic E-state index is 12.6. The van der Waals surface area contributed by atoms with Gasteiger partial charge in [-0.1, -0.05) is 67.6 Å². The first-order valence-electron chi connectivity index (χ1n) is 9.75. The molecule has 3 aromatic rings. The Bertz CT molecular complexity index is 961. The molecule has 1 atom stereocenters. The molecule has 3 rings (SSSR count). The number of rotatable bonds is 8. The first-order chi connectivity index (χ1) is 14.7. The lowest BCUT2D eigenvalue weighted by Crippen LogP contribution is -2.48. The number of ether oxygens (including phenoxy) is 2. The van der Waals surface area contributed by atoms with Crippen LogP contribution >= 0.6 is 0 Å². The van der Waals surface area contributed by atoms with Crippen LogP contribution in [0.5, 0.6) is 11.5 Å². The van der Waals surface area contributed by atoms with Crippen LogP contribution in [-0.4, -0.2) is 17.9 Å². The highest BCUT2D eigenvalue weighted by atomic mass is 16.5. The molecule has 2 amide bonds. The average Bonchev–Trinajstić information content (AvgIpc) is 2.81. The van der Waals surface area contributed by atoms with Gasteiger partial charge in [-0.25, -0.2) is 0 Å². The largest absolute Gasteiger partial charge is 0.488 e. The van der Waals surface area contributed by atoms with Crippen molar-refractivity contribution in [2.24, 2.45) is 0 Å². The van der Waals surface area contributed by atoms with Crippen LogP contribution in [0.3, 0.4) is 0 Å². The fraction of sp³-hybridized carbons (Fsp3) is 0.167. The summed E-state index contributed by atoms with van der Waals surface area (Å²) in [5.74, 6) is 0.116. The van der Waals surface area contributed by atoms with Crippen molar-refractivity contribution in [3.05, 3.63) is 96.1 Å². The third-order valence-corrected chi connectivity index (χ3v) is 4.35. The number of nitrogens with one attached hydrogen (secondary N) is 2. The highest BCUT2D eigenvalue weighted by Crippen LogP contribution is 2.19. The van der Waals surface area contributed by atoms with Gasteiger partial charge in [0.05, 0.1) is 5.56 Å². The van der Waals surface area contributed by atoms with Crippen LogP contribution in [0.25, 0.3) is 0 Å². The number of carbonyl (C=O) groups is 2. The number of hydrogen-bond donors (Lipinski definition) is 2. The molecule has 154 valence electrons. The zero-order chi connectivity index (χ0) is 21.2. The molecule has 0 heterocycles. The third-order valence-electron chi connectivity index (χ3n) is 4.35. The number of amides is 2. The molecule has 3 aromatic carbocycles. The summed E-state index contributed by atoms with van der Waals surface area (Å²) in [4.78, 5) is 25.0. The van der Waals surface area contributed by atoms with Gasteiger partial charge in [0.1, 0.15) is 18.1 Å². The van der Waals surface area contributed by atoms with Crippen molar-refractivity contribution in [1.29, 1.82) is 0 Å². The summed E-state index contributed by atoms with van der Waals surface area (Å²) in [5.41, 5.74) is 6.19. The van der Waals surface area contributed by atoms with E-state index in [1.165, 1.54) is 0 Å². The van der Waals surface area contributed by atoms with Gasteiger partial charge >= 0.3 is 0 Å². The van der Waals surface area contributed by atoms with Crippen LogP contribution in [0.1, 0.15) is 29.3 Å². The van der Waals surface area contributed by atoms with Gasteiger partial charge in [0, 0.05) is 0 Å². The Labute approximate surface area is 175 Å². The van der Waals surface area contributed by atoms with Crippen LogP contribution in [0.2, 0.25) is 0 Å². The minimum Gasteiger partial charge on any atom is -0.488 e. The van der Waals surface area contributed by atoms with E-state index < -0.39 is 17.9 Å². The molecule has 0 aromatic heterocycles. The van der Waals surface area contributed by atoms with Gasteiger partial charge in [-0.3, -0.25) is 20.4 Å². The SMILES string of the molecule is CC[C@H](Oc1ccccc1)C(=O)NNC(=O)c1ccccc1OCc1ccccc1. The number of para-hydroxylation sites is 2. The lowest BCUT2D eigenvalue weighted by molar-refractivity contribution is -0.128. The highest BCUT2D eigenvalue weighted by molar-refractivity contribution is 5.98. The molecule has 0 aliphatic rings. The zero-order valence-electron chi connectivity index (χ0n) is 16.7. The molecule has 0 radical (unpaired) electrons. The molecule has 0 saturated carbocycles. The van der Waals surface area contributed by atoms with Crippen LogP contribution in [0.15, 0.2) is 84.9 Å². The molecule has 6 heteroatoms. The minimum absolute atomic E-state index is 0.325. The predicted molar refractivity (Wildman–Crippen MR) is 114 cm³/mol. The maximum absolute atomic E-state index is 12.6. The molecular formula is C24H24N2O4. The molecule has 0 aliphatic heterocycles. The second-order valence-electron chi connectivity index (χ2n) is 6.54. The smallest absolute Gasteiger partial charge is 0.279 e. The van der Waals surface area contributed by atoms with Crippen molar-refractivity contribution >= 4 is 11.8 Å². The van der Waals surface area contributed by atoms with Crippen molar-refractivity contribution in [1.82, 2.24) is 10.9 Å². The van der Waals surface area contributed by atoms with Gasteiger partial charge in [-0.05, 0) is 36.2 Å². The van der Waals surface area contributed by atoms with Crippen molar-refractivity contribution < 1.29 is 19.1 Å². The second kappa shape index (κ2) is 10.7. The summed E-state index contributed by atoms with van der Waals surface area (Å²) in [7, 11) is 0. The van der Waals surface area contributed by atoms with Crippen molar-refractivity contribution in [3.63, 3.8) is 0 Å². The van der Waals surface area contributed by atoms with E-state index in [0.29, 0.717) is 30.1 Å². The fourth-order valence-electron chi connectivity index (χ4n) is 2.77. The minimum atomic E-state index is -0.725. The highest BCUT2D eigenvalue weighted by Gasteiger charge is 2.20. The Hall–Kier alpha value is -3.80. The number of hydrogen-bond acceptors (Lipinski definition) is 4. The van der Waals surface area contributed by atoms with Crippen LogP contribution < -0.4 is 20.3 Å². The summed E-state index contributed by atoms with van der Waals surface area (Å²) in [6.07, 6.45) is -0.273. The quantitative estimate of drug-likeness (QED) is 0.559. The first-order valence-corrected chi connectivity index (χ1v) is 9.75. The molecule has 0 bridgehead atoms. The van der Waals surface area contributed by atoms with Gasteiger partial charge < -0.3 is 9.47 Å². The van der Waals surface area contributed by atoms with Gasteiger partial charge in [0.15, 0.2) is 6.10 Å². The Kier molecular flexibility index (Phi) is 7.44. The fourth-order valence-corrected chi connectivity index (χ4v) is 2.77. The Morgan fingerprint density at radius 1 is 0.833 bits per heavy atom. The summed E-state index contributed by atoms with van der Waals surface area (Å²) in [5, 5.41) is 0. The van der Waals surface area contributed by atoms with Gasteiger partial charge in [0.2, 0.25) is 0 Å². The van der Waals surface area contributed by atoms with E-state index in [9.17, 15) is 9.59 Å². The lowest BCUT2D eigenvalue weighted by Gasteiger charge is -2.18. The number of hydrazine groups is 1. The number of carbonyl (C=O) groups excluding carboxylic acids is 2. The normalized spacial score (nSPS) is 11.2. The van der Waals surface area contributed by atoms with E-state index in [0.717, 1.165) is 5.56 Å². The van der Waals surface area contributed by atoms with E-state index in [2.05, 4.69) is 10.9 Å². The van der Waals surface area contributed by atoms with Crippen LogP contribution in [-0.2, 0) is 11.4 Å². The molecule has 6 nitrogen and oxygen atoms in total. The summed E-state index contributed by atoms with van der Waals surface area (Å²) in [6.45, 7) is 2.17. The lowest BCUT2D eigenvalue weighted by atomic mass is 10.2. The molecule has 0 saturated heterocycles. The average molecular weight is 404 g/mol. The second-order valence-corrected chi connectivity index (χ2v) is 6.54. The van der Waals surface area contributed by atoms with E-state index in [1.807, 2.05) is 55.5 Å². The Morgan fingerprint density at radius 2 is 1.47 bits per heavy atom. The molecule has 0 fully saturated rings. The molecule has 0 unspecified atom stereocenters. The van der Waals surface area contributed by atoms with Gasteiger partial charge in [-0.2, -0.15) is 0 Å². The Morgan fingerprint density at radius 3 is 2.17 bits per heavy atom. The summed E-state index contributed by atoms with van der Waals surface area (Å²) >= 11 is 0. The summed E-state index contributed by atoms with van der Waals surface area (Å²) in [6, 6.07) is 25.6. The maximum Gasteiger partial charge on any atom is 0.279 e. The van der Waals surface area contributed by atoms with Gasteiger partial charge in [-0.15, -0.1) is 0 Å². The zero-order valence-corrected chi connectivity index (χ0v) is 16.7. The molecule has 30 heavy (non-hydrogen) atoms. The third kappa shape index (κ3) is 5.85. The molecule has 0 aliphatic carbocycles. The number of benzene rings is 3. The molecular weight excluding hydrogens is 380 g/mol. The topological polar surface area (TPSA) is 76.7 Å².